The molecule has 0 spiro atoms. The van der Waals surface area contributed by atoms with Gasteiger partial charge in [0.25, 0.3) is 0 Å². The van der Waals surface area contributed by atoms with E-state index in [1.54, 1.807) is 0 Å². The second-order valence-corrected chi connectivity index (χ2v) is 4.62. The monoisotopic (exact) mass is 222 g/mol. The van der Waals surface area contributed by atoms with Crippen LogP contribution in [0.15, 0.2) is 46.6 Å². The predicted octanol–water partition coefficient (Wildman–Crippen LogP) is 5.13. The maximum absolute atomic E-state index is 6.04. The number of allylic oxidation sites excluding steroid dienone is 7. The summed E-state index contributed by atoms with van der Waals surface area (Å²) < 4.78 is 0. The Morgan fingerprint density at radius 1 is 1.53 bits per heavy atom. The van der Waals surface area contributed by atoms with E-state index in [1.807, 2.05) is 6.08 Å². The highest BCUT2D eigenvalue weighted by molar-refractivity contribution is 6.30. The Labute approximate surface area is 98.0 Å². The van der Waals surface area contributed by atoms with E-state index >= 15 is 0 Å². The summed E-state index contributed by atoms with van der Waals surface area (Å²) >= 11 is 6.04. The summed E-state index contributed by atoms with van der Waals surface area (Å²) in [7, 11) is 0. The summed E-state index contributed by atoms with van der Waals surface area (Å²) in [4.78, 5) is 0. The molecule has 0 nitrogen and oxygen atoms in total. The second-order valence-electron chi connectivity index (χ2n) is 4.14. The van der Waals surface area contributed by atoms with Gasteiger partial charge < -0.3 is 0 Å². The molecule has 1 aliphatic rings. The van der Waals surface area contributed by atoms with E-state index in [-0.39, 0.29) is 0 Å². The van der Waals surface area contributed by atoms with E-state index in [1.165, 1.54) is 29.6 Å². The third-order valence-electron chi connectivity index (χ3n) is 2.41. The van der Waals surface area contributed by atoms with Crippen LogP contribution in [0.4, 0.5) is 0 Å². The van der Waals surface area contributed by atoms with E-state index in [0.717, 1.165) is 17.9 Å². The fourth-order valence-electron chi connectivity index (χ4n) is 1.71. The minimum absolute atomic E-state index is 0.851. The Morgan fingerprint density at radius 3 is 2.87 bits per heavy atom. The van der Waals surface area contributed by atoms with Crippen molar-refractivity contribution in [2.75, 3.05) is 0 Å². The maximum Gasteiger partial charge on any atom is 0.0227 e. The summed E-state index contributed by atoms with van der Waals surface area (Å²) in [5, 5.41) is 0.921. The molecule has 0 aromatic heterocycles. The average Bonchev–Trinajstić information content (AvgIpc) is 2.13. The first-order chi connectivity index (χ1) is 7.11. The molecule has 0 bridgehead atoms. The lowest BCUT2D eigenvalue weighted by Gasteiger charge is -2.10. The van der Waals surface area contributed by atoms with Crippen molar-refractivity contribution in [2.24, 2.45) is 0 Å². The van der Waals surface area contributed by atoms with E-state index in [9.17, 15) is 0 Å². The third kappa shape index (κ3) is 4.53. The number of hydrogen-bond acceptors (Lipinski definition) is 0. The van der Waals surface area contributed by atoms with Crippen molar-refractivity contribution in [2.45, 2.75) is 39.5 Å². The zero-order chi connectivity index (χ0) is 11.3. The predicted molar refractivity (Wildman–Crippen MR) is 69.1 cm³/mol. The zero-order valence-electron chi connectivity index (χ0n) is 9.65. The largest absolute Gasteiger partial charge is 0.0958 e. The first-order valence-electron chi connectivity index (χ1n) is 5.54. The first-order valence-corrected chi connectivity index (χ1v) is 5.92. The van der Waals surface area contributed by atoms with Crippen LogP contribution < -0.4 is 0 Å². The van der Waals surface area contributed by atoms with Crippen LogP contribution >= 0.6 is 11.6 Å². The number of hydrogen-bond donors (Lipinski definition) is 0. The van der Waals surface area contributed by atoms with Crippen molar-refractivity contribution in [1.82, 2.24) is 0 Å². The van der Waals surface area contributed by atoms with Crippen LogP contribution in [0.5, 0.6) is 0 Å². The van der Waals surface area contributed by atoms with Crippen molar-refractivity contribution < 1.29 is 0 Å². The summed E-state index contributed by atoms with van der Waals surface area (Å²) in [6.45, 7) is 8.34. The summed E-state index contributed by atoms with van der Waals surface area (Å²) in [6.07, 6.45) is 10.8. The Balaban J connectivity index is 2.61. The van der Waals surface area contributed by atoms with Gasteiger partial charge in [-0.25, -0.2) is 0 Å². The summed E-state index contributed by atoms with van der Waals surface area (Å²) in [5.41, 5.74) is 3.71. The molecule has 0 unspecified atom stereocenters. The number of unbranched alkanes of at least 4 members (excludes halogenated alkanes) is 1. The number of halogens is 1. The van der Waals surface area contributed by atoms with E-state index < -0.39 is 0 Å². The third-order valence-corrected chi connectivity index (χ3v) is 2.65. The molecule has 0 aromatic rings. The molecule has 82 valence electrons. The van der Waals surface area contributed by atoms with Crippen molar-refractivity contribution in [1.29, 1.82) is 0 Å². The van der Waals surface area contributed by atoms with Crippen LogP contribution in [0.2, 0.25) is 0 Å². The molecule has 0 amide bonds. The molecule has 0 fully saturated rings. The Bertz CT molecular complexity index is 329. The quantitative estimate of drug-likeness (QED) is 0.619. The van der Waals surface area contributed by atoms with Gasteiger partial charge in [-0.05, 0) is 37.0 Å². The van der Waals surface area contributed by atoms with Crippen LogP contribution in [0.25, 0.3) is 0 Å². The summed E-state index contributed by atoms with van der Waals surface area (Å²) in [6, 6.07) is 0. The topological polar surface area (TPSA) is 0 Å². The van der Waals surface area contributed by atoms with Crippen LogP contribution in [-0.2, 0) is 0 Å². The molecule has 0 radical (unpaired) electrons. The summed E-state index contributed by atoms with van der Waals surface area (Å²) in [5.74, 6) is 0. The second kappa shape index (κ2) is 5.97. The van der Waals surface area contributed by atoms with E-state index in [0.29, 0.717) is 0 Å². The lowest BCUT2D eigenvalue weighted by atomic mass is 9.99. The van der Waals surface area contributed by atoms with Gasteiger partial charge in [0.1, 0.15) is 0 Å². The zero-order valence-corrected chi connectivity index (χ0v) is 10.4. The van der Waals surface area contributed by atoms with Gasteiger partial charge in [-0.3, -0.25) is 0 Å². The fraction of sp³-hybridized carbons (Fsp3) is 0.429. The van der Waals surface area contributed by atoms with Crippen molar-refractivity contribution in [3.63, 3.8) is 0 Å². The Kier molecular flexibility index (Phi) is 4.90. The van der Waals surface area contributed by atoms with Crippen molar-refractivity contribution >= 4 is 11.6 Å². The smallest absolute Gasteiger partial charge is 0.0227 e. The van der Waals surface area contributed by atoms with Gasteiger partial charge in [0.2, 0.25) is 0 Å². The minimum atomic E-state index is 0.851. The highest BCUT2D eigenvalue weighted by Gasteiger charge is 2.05. The molecule has 15 heavy (non-hydrogen) atoms. The highest BCUT2D eigenvalue weighted by atomic mass is 35.5. The van der Waals surface area contributed by atoms with Crippen LogP contribution in [0.3, 0.4) is 0 Å². The van der Waals surface area contributed by atoms with Crippen molar-refractivity contribution in [3.05, 3.63) is 46.6 Å². The van der Waals surface area contributed by atoms with E-state index in [4.69, 9.17) is 11.6 Å². The molecule has 0 heterocycles. The minimum Gasteiger partial charge on any atom is -0.0958 e. The van der Waals surface area contributed by atoms with Crippen LogP contribution in [0, 0.1) is 0 Å². The fourth-order valence-corrected chi connectivity index (χ4v) is 2.04. The Hall–Kier alpha value is -0.750. The van der Waals surface area contributed by atoms with Gasteiger partial charge >= 0.3 is 0 Å². The molecule has 0 aliphatic heterocycles. The molecule has 1 rings (SSSR count). The van der Waals surface area contributed by atoms with Gasteiger partial charge in [0, 0.05) is 11.5 Å². The standard InChI is InChI=1S/C14H19Cl/c1-4-5-6-11(2)7-13-8-12(3)9-14(15)10-13/h7-9H,2,4-6,10H2,1,3H3/b13-7-. The van der Waals surface area contributed by atoms with Gasteiger partial charge in [-0.2, -0.15) is 0 Å². The highest BCUT2D eigenvalue weighted by Crippen LogP contribution is 2.25. The average molecular weight is 223 g/mol. The lowest BCUT2D eigenvalue weighted by molar-refractivity contribution is 0.798. The van der Waals surface area contributed by atoms with Crippen LogP contribution in [0.1, 0.15) is 39.5 Å². The van der Waals surface area contributed by atoms with E-state index in [2.05, 4.69) is 32.6 Å². The van der Waals surface area contributed by atoms with Gasteiger partial charge in [-0.15, -0.1) is 0 Å². The van der Waals surface area contributed by atoms with Gasteiger partial charge in [0.05, 0.1) is 0 Å². The normalized spacial score (nSPS) is 18.7. The van der Waals surface area contributed by atoms with Crippen LogP contribution in [-0.4, -0.2) is 0 Å². The lowest BCUT2D eigenvalue weighted by Crippen LogP contribution is -1.90. The maximum atomic E-state index is 6.04. The molecule has 0 N–H and O–H groups in total. The van der Waals surface area contributed by atoms with Gasteiger partial charge in [0.15, 0.2) is 0 Å². The molecule has 0 saturated heterocycles. The SMILES string of the molecule is C=C(/C=C1/C=C(C)C=C(Cl)C1)CCCC. The van der Waals surface area contributed by atoms with Crippen molar-refractivity contribution in [3.8, 4) is 0 Å². The van der Waals surface area contributed by atoms with Gasteiger partial charge in [-0.1, -0.05) is 49.2 Å². The molecule has 1 heteroatoms. The molecule has 0 saturated carbocycles. The molecule has 0 atom stereocenters. The molecular weight excluding hydrogens is 204 g/mol. The first kappa shape index (κ1) is 12.3. The molecular formula is C14H19Cl. The number of rotatable bonds is 4. The molecule has 0 aromatic carbocycles. The molecule has 1 aliphatic carbocycles. The Morgan fingerprint density at radius 2 is 2.27 bits per heavy atom.